The number of nitrogens with one attached hydrogen (secondary N) is 1. The van der Waals surface area contributed by atoms with Crippen molar-refractivity contribution in [3.63, 3.8) is 0 Å². The third kappa shape index (κ3) is 4.05. The van der Waals surface area contributed by atoms with E-state index < -0.39 is 0 Å². The van der Waals surface area contributed by atoms with E-state index in [0.29, 0.717) is 17.1 Å². The minimum atomic E-state index is -0.342. The van der Waals surface area contributed by atoms with Crippen molar-refractivity contribution >= 4 is 28.1 Å². The number of benzene rings is 1. The van der Waals surface area contributed by atoms with Crippen LogP contribution in [0.5, 0.6) is 11.5 Å². The first kappa shape index (κ1) is 16.0. The van der Waals surface area contributed by atoms with E-state index in [-0.39, 0.29) is 5.91 Å². The molecular weight excluding hydrogens is 350 g/mol. The van der Waals surface area contributed by atoms with E-state index in [2.05, 4.69) is 31.4 Å². The molecule has 0 spiro atoms. The van der Waals surface area contributed by atoms with Gasteiger partial charge < -0.3 is 9.47 Å². The van der Waals surface area contributed by atoms with Gasteiger partial charge in [-0.15, -0.1) is 0 Å². The van der Waals surface area contributed by atoms with Crippen molar-refractivity contribution in [2.45, 2.75) is 0 Å². The fourth-order valence-electron chi connectivity index (χ4n) is 1.70. The average Bonchev–Trinajstić information content (AvgIpc) is 2.54. The second-order valence-electron chi connectivity index (χ2n) is 4.21. The van der Waals surface area contributed by atoms with Gasteiger partial charge in [0.25, 0.3) is 5.91 Å². The van der Waals surface area contributed by atoms with Gasteiger partial charge in [-0.25, -0.2) is 5.43 Å². The Balaban J connectivity index is 2.05. The lowest BCUT2D eigenvalue weighted by molar-refractivity contribution is 0.0954. The van der Waals surface area contributed by atoms with Crippen LogP contribution in [-0.4, -0.2) is 31.3 Å². The van der Waals surface area contributed by atoms with Gasteiger partial charge in [-0.1, -0.05) is 0 Å². The SMILES string of the molecule is COc1ccc(/C=N\NC(=O)c2cncc(Br)c2)cc1OC. The molecule has 6 nitrogen and oxygen atoms in total. The molecule has 1 N–H and O–H groups in total. The van der Waals surface area contributed by atoms with Gasteiger partial charge in [-0.3, -0.25) is 9.78 Å². The quantitative estimate of drug-likeness (QED) is 0.654. The number of carbonyl (C=O) groups is 1. The van der Waals surface area contributed by atoms with Crippen molar-refractivity contribution in [1.82, 2.24) is 10.4 Å². The highest BCUT2D eigenvalue weighted by Gasteiger charge is 2.05. The number of hydrogen-bond acceptors (Lipinski definition) is 5. The number of nitrogens with zero attached hydrogens (tertiary/aromatic N) is 2. The molecule has 0 atom stereocenters. The first-order valence-electron chi connectivity index (χ1n) is 6.30. The molecule has 0 radical (unpaired) electrons. The largest absolute Gasteiger partial charge is 0.493 e. The number of ether oxygens (including phenoxy) is 2. The molecular formula is C15H14BrN3O3. The minimum absolute atomic E-state index is 0.342. The second kappa shape index (κ2) is 7.56. The molecule has 1 amide bonds. The Bertz CT molecular complexity index is 704. The molecule has 0 saturated heterocycles. The maximum Gasteiger partial charge on any atom is 0.272 e. The normalized spacial score (nSPS) is 10.5. The van der Waals surface area contributed by atoms with Crippen LogP contribution in [0.1, 0.15) is 15.9 Å². The zero-order chi connectivity index (χ0) is 15.9. The number of pyridine rings is 1. The summed E-state index contributed by atoms with van der Waals surface area (Å²) in [6, 6.07) is 6.99. The standard InChI is InChI=1S/C15H14BrN3O3/c1-21-13-4-3-10(5-14(13)22-2)7-18-19-15(20)11-6-12(16)9-17-8-11/h3-9H,1-2H3,(H,19,20)/b18-7-. The molecule has 2 aromatic rings. The highest BCUT2D eigenvalue weighted by molar-refractivity contribution is 9.10. The summed E-state index contributed by atoms with van der Waals surface area (Å²) in [5.74, 6) is 0.878. The summed E-state index contributed by atoms with van der Waals surface area (Å²) in [6.45, 7) is 0. The molecule has 0 aliphatic carbocycles. The van der Waals surface area contributed by atoms with Crippen LogP contribution in [-0.2, 0) is 0 Å². The summed E-state index contributed by atoms with van der Waals surface area (Å²) in [5, 5.41) is 3.91. The number of methoxy groups -OCH3 is 2. The van der Waals surface area contributed by atoms with E-state index in [4.69, 9.17) is 9.47 Å². The summed E-state index contributed by atoms with van der Waals surface area (Å²) in [5.41, 5.74) is 3.62. The Morgan fingerprint density at radius 1 is 1.23 bits per heavy atom. The number of rotatable bonds is 5. The van der Waals surface area contributed by atoms with Crippen molar-refractivity contribution < 1.29 is 14.3 Å². The predicted octanol–water partition coefficient (Wildman–Crippen LogP) is 2.63. The summed E-state index contributed by atoms with van der Waals surface area (Å²) in [7, 11) is 3.12. The second-order valence-corrected chi connectivity index (χ2v) is 5.12. The van der Waals surface area contributed by atoms with Crippen LogP contribution in [0.15, 0.2) is 46.2 Å². The Morgan fingerprint density at radius 2 is 2.00 bits per heavy atom. The first-order chi connectivity index (χ1) is 10.6. The van der Waals surface area contributed by atoms with Gasteiger partial charge >= 0.3 is 0 Å². The summed E-state index contributed by atoms with van der Waals surface area (Å²) in [6.07, 6.45) is 4.58. The molecule has 1 heterocycles. The minimum Gasteiger partial charge on any atom is -0.493 e. The molecule has 22 heavy (non-hydrogen) atoms. The monoisotopic (exact) mass is 363 g/mol. The van der Waals surface area contributed by atoms with Crippen LogP contribution < -0.4 is 14.9 Å². The Hall–Kier alpha value is -2.41. The molecule has 1 aromatic carbocycles. The zero-order valence-electron chi connectivity index (χ0n) is 12.0. The van der Waals surface area contributed by atoms with Crippen molar-refractivity contribution in [2.24, 2.45) is 5.10 Å². The van der Waals surface area contributed by atoms with Gasteiger partial charge in [0.2, 0.25) is 0 Å². The maximum absolute atomic E-state index is 11.9. The molecule has 114 valence electrons. The molecule has 0 saturated carbocycles. The molecule has 7 heteroatoms. The smallest absolute Gasteiger partial charge is 0.272 e. The van der Waals surface area contributed by atoms with Gasteiger partial charge in [0.05, 0.1) is 26.0 Å². The molecule has 0 bridgehead atoms. The predicted molar refractivity (Wildman–Crippen MR) is 86.5 cm³/mol. The van der Waals surface area contributed by atoms with Gasteiger partial charge in [-0.2, -0.15) is 5.10 Å². The Labute approximate surface area is 136 Å². The number of amides is 1. The van der Waals surface area contributed by atoms with Crippen molar-refractivity contribution in [3.8, 4) is 11.5 Å². The van der Waals surface area contributed by atoms with Crippen LogP contribution >= 0.6 is 15.9 Å². The van der Waals surface area contributed by atoms with Gasteiger partial charge in [0, 0.05) is 16.9 Å². The molecule has 0 aliphatic rings. The van der Waals surface area contributed by atoms with Crippen molar-refractivity contribution in [3.05, 3.63) is 52.3 Å². The summed E-state index contributed by atoms with van der Waals surface area (Å²) >= 11 is 3.26. The molecule has 2 rings (SSSR count). The first-order valence-corrected chi connectivity index (χ1v) is 7.09. The van der Waals surface area contributed by atoms with E-state index in [0.717, 1.165) is 10.0 Å². The fraction of sp³-hybridized carbons (Fsp3) is 0.133. The highest BCUT2D eigenvalue weighted by Crippen LogP contribution is 2.26. The summed E-state index contributed by atoms with van der Waals surface area (Å²) < 4.78 is 11.1. The van der Waals surface area contributed by atoms with Gasteiger partial charge in [0.1, 0.15) is 0 Å². The van der Waals surface area contributed by atoms with Crippen LogP contribution in [0, 0.1) is 0 Å². The van der Waals surface area contributed by atoms with E-state index in [9.17, 15) is 4.79 Å². The third-order valence-electron chi connectivity index (χ3n) is 2.75. The Morgan fingerprint density at radius 3 is 2.68 bits per heavy atom. The lowest BCUT2D eigenvalue weighted by Gasteiger charge is -2.07. The molecule has 1 aromatic heterocycles. The van der Waals surface area contributed by atoms with Crippen LogP contribution in [0.4, 0.5) is 0 Å². The van der Waals surface area contributed by atoms with Crippen LogP contribution in [0.25, 0.3) is 0 Å². The lowest BCUT2D eigenvalue weighted by atomic mass is 10.2. The number of aromatic nitrogens is 1. The lowest BCUT2D eigenvalue weighted by Crippen LogP contribution is -2.17. The van der Waals surface area contributed by atoms with Gasteiger partial charge in [-0.05, 0) is 45.8 Å². The Kier molecular flexibility index (Phi) is 5.48. The topological polar surface area (TPSA) is 72.8 Å². The average molecular weight is 364 g/mol. The molecule has 0 fully saturated rings. The van der Waals surface area contributed by atoms with E-state index in [1.165, 1.54) is 12.4 Å². The van der Waals surface area contributed by atoms with Crippen molar-refractivity contribution in [2.75, 3.05) is 14.2 Å². The number of hydrogen-bond donors (Lipinski definition) is 1. The number of halogens is 1. The van der Waals surface area contributed by atoms with Crippen LogP contribution in [0.2, 0.25) is 0 Å². The maximum atomic E-state index is 11.9. The van der Waals surface area contributed by atoms with E-state index >= 15 is 0 Å². The van der Waals surface area contributed by atoms with Crippen molar-refractivity contribution in [1.29, 1.82) is 0 Å². The summed E-state index contributed by atoms with van der Waals surface area (Å²) in [4.78, 5) is 15.8. The van der Waals surface area contributed by atoms with Gasteiger partial charge in [0.15, 0.2) is 11.5 Å². The fourth-order valence-corrected chi connectivity index (χ4v) is 2.06. The molecule has 0 unspecified atom stereocenters. The van der Waals surface area contributed by atoms with E-state index in [1.807, 2.05) is 0 Å². The highest BCUT2D eigenvalue weighted by atomic mass is 79.9. The number of carbonyl (C=O) groups excluding carboxylic acids is 1. The van der Waals surface area contributed by atoms with E-state index in [1.54, 1.807) is 44.7 Å². The zero-order valence-corrected chi connectivity index (χ0v) is 13.6. The molecule has 0 aliphatic heterocycles. The van der Waals surface area contributed by atoms with Crippen LogP contribution in [0.3, 0.4) is 0 Å². The third-order valence-corrected chi connectivity index (χ3v) is 3.19. The number of hydrazone groups is 1.